The number of hydroxylamine groups is 1. The Morgan fingerprint density at radius 3 is 2.57 bits per heavy atom. The van der Waals surface area contributed by atoms with Crippen LogP contribution in [0.1, 0.15) is 11.1 Å². The van der Waals surface area contributed by atoms with E-state index in [1.807, 2.05) is 11.5 Å². The number of nitrogens with one attached hydrogen (secondary N) is 1. The predicted molar refractivity (Wildman–Crippen MR) is 53.6 cm³/mol. The van der Waals surface area contributed by atoms with Crippen LogP contribution in [0, 0.1) is 0 Å². The second-order valence-electron chi connectivity index (χ2n) is 3.22. The van der Waals surface area contributed by atoms with Crippen molar-refractivity contribution in [1.29, 1.82) is 0 Å². The first-order valence-corrected chi connectivity index (χ1v) is 6.20. The van der Waals surface area contributed by atoms with Gasteiger partial charge in [0.15, 0.2) is 9.84 Å². The second-order valence-corrected chi connectivity index (χ2v) is 5.37. The topological polar surface area (TPSA) is 66.4 Å². The molecule has 0 atom stereocenters. The molecule has 0 heterocycles. The molecule has 0 amide bonds. The molecule has 1 aromatic rings. The molecule has 0 aromatic heterocycles. The van der Waals surface area contributed by atoms with Gasteiger partial charge in [-0.05, 0) is 11.1 Å². The van der Waals surface area contributed by atoms with Crippen molar-refractivity contribution in [1.82, 2.24) is 5.48 Å². The van der Waals surface area contributed by atoms with E-state index in [1.165, 1.54) is 6.26 Å². The summed E-state index contributed by atoms with van der Waals surface area (Å²) in [6.07, 6.45) is 1.20. The van der Waals surface area contributed by atoms with Crippen LogP contribution in [0.2, 0.25) is 0 Å². The van der Waals surface area contributed by atoms with Gasteiger partial charge < -0.3 is 5.21 Å². The minimum atomic E-state index is -2.99. The van der Waals surface area contributed by atoms with Crippen LogP contribution in [0.15, 0.2) is 24.3 Å². The van der Waals surface area contributed by atoms with Gasteiger partial charge in [-0.15, -0.1) is 0 Å². The molecule has 4 nitrogen and oxygen atoms in total. The molecule has 0 saturated heterocycles. The lowest BCUT2D eigenvalue weighted by Crippen LogP contribution is -2.07. The zero-order valence-electron chi connectivity index (χ0n) is 7.90. The normalized spacial score (nSPS) is 11.6. The standard InChI is InChI=1S/C9H13NO3S/c1-14(12,13)7-9-4-2-3-8(5-9)6-10-11/h2-5,10-11H,6-7H2,1H3. The van der Waals surface area contributed by atoms with E-state index < -0.39 is 9.84 Å². The van der Waals surface area contributed by atoms with Gasteiger partial charge in [0.2, 0.25) is 0 Å². The number of sulfone groups is 1. The summed E-state index contributed by atoms with van der Waals surface area (Å²) in [6, 6.07) is 7.09. The maximum atomic E-state index is 11.0. The Labute approximate surface area is 83.4 Å². The number of benzene rings is 1. The van der Waals surface area contributed by atoms with Gasteiger partial charge in [0.25, 0.3) is 0 Å². The summed E-state index contributed by atoms with van der Waals surface area (Å²) >= 11 is 0. The summed E-state index contributed by atoms with van der Waals surface area (Å²) in [5.74, 6) is 0.0340. The van der Waals surface area contributed by atoms with E-state index in [4.69, 9.17) is 5.21 Å². The van der Waals surface area contributed by atoms with Gasteiger partial charge in [0.05, 0.1) is 5.75 Å². The quantitative estimate of drug-likeness (QED) is 0.726. The third-order valence-electron chi connectivity index (χ3n) is 1.70. The Balaban J connectivity index is 2.83. The van der Waals surface area contributed by atoms with E-state index in [2.05, 4.69) is 0 Å². The van der Waals surface area contributed by atoms with Gasteiger partial charge in [0, 0.05) is 12.8 Å². The average molecular weight is 215 g/mol. The molecule has 78 valence electrons. The molecule has 1 aromatic carbocycles. The van der Waals surface area contributed by atoms with Crippen LogP contribution in [0.5, 0.6) is 0 Å². The molecular formula is C9H13NO3S. The zero-order valence-corrected chi connectivity index (χ0v) is 8.71. The van der Waals surface area contributed by atoms with Gasteiger partial charge in [0.1, 0.15) is 0 Å². The van der Waals surface area contributed by atoms with Crippen LogP contribution in [0.4, 0.5) is 0 Å². The molecule has 0 aliphatic carbocycles. The molecule has 1 rings (SSSR count). The van der Waals surface area contributed by atoms with Crippen LogP contribution in [0.25, 0.3) is 0 Å². The summed E-state index contributed by atoms with van der Waals surface area (Å²) in [7, 11) is -2.99. The Morgan fingerprint density at radius 1 is 1.36 bits per heavy atom. The monoisotopic (exact) mass is 215 g/mol. The number of rotatable bonds is 4. The Kier molecular flexibility index (Phi) is 3.62. The Bertz CT molecular complexity index is 400. The van der Waals surface area contributed by atoms with Crippen LogP contribution < -0.4 is 5.48 Å². The van der Waals surface area contributed by atoms with Crippen LogP contribution in [-0.4, -0.2) is 19.9 Å². The van der Waals surface area contributed by atoms with Crippen molar-refractivity contribution in [3.05, 3.63) is 35.4 Å². The third-order valence-corrected chi connectivity index (χ3v) is 2.56. The lowest BCUT2D eigenvalue weighted by molar-refractivity contribution is 0.161. The minimum absolute atomic E-state index is 0.0340. The fourth-order valence-corrected chi connectivity index (χ4v) is 2.01. The smallest absolute Gasteiger partial charge is 0.151 e. The maximum Gasteiger partial charge on any atom is 0.151 e. The molecular weight excluding hydrogens is 202 g/mol. The Hall–Kier alpha value is -0.910. The van der Waals surface area contributed by atoms with Crippen molar-refractivity contribution in [3.8, 4) is 0 Å². The van der Waals surface area contributed by atoms with Crippen molar-refractivity contribution in [2.75, 3.05) is 6.26 Å². The van der Waals surface area contributed by atoms with E-state index in [1.54, 1.807) is 18.2 Å². The van der Waals surface area contributed by atoms with Crippen molar-refractivity contribution in [3.63, 3.8) is 0 Å². The summed E-state index contributed by atoms with van der Waals surface area (Å²) in [5, 5.41) is 8.47. The largest absolute Gasteiger partial charge is 0.316 e. The number of hydrogen-bond acceptors (Lipinski definition) is 4. The molecule has 0 aliphatic heterocycles. The molecule has 0 fully saturated rings. The van der Waals surface area contributed by atoms with Crippen LogP contribution in [-0.2, 0) is 22.1 Å². The Morgan fingerprint density at radius 2 is 2.00 bits per heavy atom. The molecule has 0 saturated carbocycles. The number of hydrogen-bond donors (Lipinski definition) is 2. The van der Waals surface area contributed by atoms with Crippen molar-refractivity contribution in [2.45, 2.75) is 12.3 Å². The lowest BCUT2D eigenvalue weighted by Gasteiger charge is -2.03. The van der Waals surface area contributed by atoms with Gasteiger partial charge in [-0.3, -0.25) is 0 Å². The van der Waals surface area contributed by atoms with E-state index in [9.17, 15) is 8.42 Å². The predicted octanol–water partition coefficient (Wildman–Crippen LogP) is 0.710. The highest BCUT2D eigenvalue weighted by atomic mass is 32.2. The molecule has 0 radical (unpaired) electrons. The first-order valence-electron chi connectivity index (χ1n) is 4.14. The van der Waals surface area contributed by atoms with Crippen molar-refractivity contribution in [2.24, 2.45) is 0 Å². The molecule has 5 heteroatoms. The molecule has 0 spiro atoms. The highest BCUT2D eigenvalue weighted by molar-refractivity contribution is 7.89. The maximum absolute atomic E-state index is 11.0. The second kappa shape index (κ2) is 4.54. The SMILES string of the molecule is CS(=O)(=O)Cc1cccc(CNO)c1. The summed E-state index contributed by atoms with van der Waals surface area (Å²) in [5.41, 5.74) is 3.62. The van der Waals surface area contributed by atoms with Crippen molar-refractivity contribution < 1.29 is 13.6 Å². The summed E-state index contributed by atoms with van der Waals surface area (Å²) < 4.78 is 22.0. The lowest BCUT2D eigenvalue weighted by atomic mass is 10.1. The average Bonchev–Trinajstić information content (AvgIpc) is 2.02. The van der Waals surface area contributed by atoms with Gasteiger partial charge >= 0.3 is 0 Å². The molecule has 0 bridgehead atoms. The molecule has 14 heavy (non-hydrogen) atoms. The van der Waals surface area contributed by atoms with Gasteiger partial charge in [-0.1, -0.05) is 24.3 Å². The fraction of sp³-hybridized carbons (Fsp3) is 0.333. The van der Waals surface area contributed by atoms with Gasteiger partial charge in [-0.25, -0.2) is 13.9 Å². The summed E-state index contributed by atoms with van der Waals surface area (Å²) in [4.78, 5) is 0. The first-order chi connectivity index (χ1) is 6.51. The minimum Gasteiger partial charge on any atom is -0.316 e. The third kappa shape index (κ3) is 3.87. The molecule has 0 aliphatic rings. The highest BCUT2D eigenvalue weighted by Crippen LogP contribution is 2.08. The molecule has 0 unspecified atom stereocenters. The van der Waals surface area contributed by atoms with Gasteiger partial charge in [-0.2, -0.15) is 0 Å². The first kappa shape index (κ1) is 11.2. The zero-order chi connectivity index (χ0) is 10.6. The highest BCUT2D eigenvalue weighted by Gasteiger charge is 2.04. The fourth-order valence-electron chi connectivity index (χ4n) is 1.22. The summed E-state index contributed by atoms with van der Waals surface area (Å²) in [6.45, 7) is 0.317. The van der Waals surface area contributed by atoms with Crippen LogP contribution in [0.3, 0.4) is 0 Å². The van der Waals surface area contributed by atoms with E-state index in [0.29, 0.717) is 6.54 Å². The van der Waals surface area contributed by atoms with E-state index >= 15 is 0 Å². The van der Waals surface area contributed by atoms with E-state index in [0.717, 1.165) is 11.1 Å². The van der Waals surface area contributed by atoms with E-state index in [-0.39, 0.29) is 5.75 Å². The van der Waals surface area contributed by atoms with Crippen molar-refractivity contribution >= 4 is 9.84 Å². The van der Waals surface area contributed by atoms with Crippen LogP contribution >= 0.6 is 0 Å². The molecule has 2 N–H and O–H groups in total.